The topological polar surface area (TPSA) is 129 Å². The van der Waals surface area contributed by atoms with Gasteiger partial charge in [-0.2, -0.15) is 0 Å². The van der Waals surface area contributed by atoms with E-state index in [1.165, 1.54) is 120 Å². The first kappa shape index (κ1) is 60.3. The standard InChI is InChI=1S/C48H89NO6.C6H14N2/c1-5-9-13-17-19-24-33-43(31-22-15-11-7-3)47(51)54-39-27-21-26-37-45(42-35-30-36-42)49-41-46(50)53-38-28-29-40-55-48(52)44(32-23-16-12-8-4)34-25-20-18-14-10-6-2;1-4-8-6(7)5(2)3/h43-44,49H,5-41H2,1-4H3;8H,4,7H2,1-3H3. The van der Waals surface area contributed by atoms with Crippen LogP contribution in [0.1, 0.15) is 260 Å². The average Bonchev–Trinajstić information content (AvgIpc) is 3.25. The summed E-state index contributed by atoms with van der Waals surface area (Å²) >= 11 is 0. The Balaban J connectivity index is 0.00000434. The summed E-state index contributed by atoms with van der Waals surface area (Å²) in [6.07, 6.45) is 36.8. The Morgan fingerprint density at radius 3 is 1.27 bits per heavy atom. The molecule has 9 nitrogen and oxygen atoms in total. The highest BCUT2D eigenvalue weighted by Gasteiger charge is 2.21. The zero-order valence-electron chi connectivity index (χ0n) is 42.6. The smallest absolute Gasteiger partial charge is 0.325 e. The van der Waals surface area contributed by atoms with E-state index in [1.807, 2.05) is 20.8 Å². The van der Waals surface area contributed by atoms with Crippen LogP contribution in [-0.2, 0) is 28.6 Å². The van der Waals surface area contributed by atoms with Gasteiger partial charge in [-0.05, 0) is 110 Å². The van der Waals surface area contributed by atoms with Gasteiger partial charge in [0.1, 0.15) is 6.54 Å². The lowest BCUT2D eigenvalue weighted by atomic mass is 9.89. The lowest BCUT2D eigenvalue weighted by molar-refractivity contribution is -0.150. The van der Waals surface area contributed by atoms with Crippen molar-refractivity contribution in [1.82, 2.24) is 10.6 Å². The molecular weight excluding hydrogens is 787 g/mol. The fourth-order valence-corrected chi connectivity index (χ4v) is 7.93. The van der Waals surface area contributed by atoms with Crippen molar-refractivity contribution in [2.24, 2.45) is 17.6 Å². The summed E-state index contributed by atoms with van der Waals surface area (Å²) in [6.45, 7) is 17.2. The third-order valence-corrected chi connectivity index (χ3v) is 12.4. The fourth-order valence-electron chi connectivity index (χ4n) is 7.93. The number of hydrogen-bond donors (Lipinski definition) is 3. The van der Waals surface area contributed by atoms with Crippen molar-refractivity contribution >= 4 is 17.9 Å². The van der Waals surface area contributed by atoms with Gasteiger partial charge < -0.3 is 30.6 Å². The number of hydrogen-bond acceptors (Lipinski definition) is 9. The molecule has 0 saturated heterocycles. The van der Waals surface area contributed by atoms with Crippen molar-refractivity contribution in [1.29, 1.82) is 0 Å². The molecule has 4 N–H and O–H groups in total. The quantitative estimate of drug-likeness (QED) is 0.0312. The Morgan fingerprint density at radius 2 is 0.889 bits per heavy atom. The molecule has 0 aliphatic heterocycles. The Labute approximate surface area is 389 Å². The van der Waals surface area contributed by atoms with E-state index in [0.717, 1.165) is 108 Å². The normalized spacial score (nSPS) is 12.9. The number of ether oxygens (including phenoxy) is 3. The maximum absolute atomic E-state index is 13.0. The molecule has 1 rings (SSSR count). The molecule has 1 aliphatic rings. The third kappa shape index (κ3) is 36.2. The van der Waals surface area contributed by atoms with Crippen LogP contribution in [0.4, 0.5) is 0 Å². The number of allylic oxidation sites excluding steroid dienone is 3. The second-order valence-electron chi connectivity index (χ2n) is 18.5. The van der Waals surface area contributed by atoms with E-state index in [4.69, 9.17) is 19.9 Å². The highest BCUT2D eigenvalue weighted by atomic mass is 16.5. The van der Waals surface area contributed by atoms with E-state index in [1.54, 1.807) is 0 Å². The zero-order valence-corrected chi connectivity index (χ0v) is 42.6. The van der Waals surface area contributed by atoms with Crippen molar-refractivity contribution in [2.75, 3.05) is 32.9 Å². The molecule has 0 amide bonds. The van der Waals surface area contributed by atoms with Crippen molar-refractivity contribution < 1.29 is 28.6 Å². The summed E-state index contributed by atoms with van der Waals surface area (Å²) in [4.78, 5) is 38.4. The summed E-state index contributed by atoms with van der Waals surface area (Å²) in [5.41, 5.74) is 9.27. The molecule has 1 fully saturated rings. The number of esters is 3. The first-order valence-corrected chi connectivity index (χ1v) is 26.7. The molecule has 9 heteroatoms. The summed E-state index contributed by atoms with van der Waals surface area (Å²) in [5.74, 6) is 0.617. The van der Waals surface area contributed by atoms with E-state index < -0.39 is 0 Å². The second-order valence-corrected chi connectivity index (χ2v) is 18.5. The molecule has 1 aliphatic carbocycles. The fraction of sp³-hybridized carbons (Fsp3) is 0.870. The maximum Gasteiger partial charge on any atom is 0.325 e. The average molecular weight is 890 g/mol. The minimum absolute atomic E-state index is 0.0177. The van der Waals surface area contributed by atoms with Crippen molar-refractivity contribution in [3.05, 3.63) is 22.7 Å². The van der Waals surface area contributed by atoms with E-state index in [9.17, 15) is 14.4 Å². The molecule has 2 atom stereocenters. The van der Waals surface area contributed by atoms with Crippen molar-refractivity contribution in [3.63, 3.8) is 0 Å². The molecule has 1 saturated carbocycles. The van der Waals surface area contributed by atoms with Gasteiger partial charge in [0.05, 0.1) is 37.5 Å². The van der Waals surface area contributed by atoms with E-state index in [-0.39, 0.29) is 36.3 Å². The van der Waals surface area contributed by atoms with E-state index in [2.05, 4.69) is 38.3 Å². The first-order chi connectivity index (χ1) is 30.6. The minimum atomic E-state index is -0.238. The van der Waals surface area contributed by atoms with Crippen molar-refractivity contribution in [3.8, 4) is 0 Å². The lowest BCUT2D eigenvalue weighted by Gasteiger charge is -2.23. The van der Waals surface area contributed by atoms with E-state index >= 15 is 0 Å². The van der Waals surface area contributed by atoms with Crippen LogP contribution in [0.3, 0.4) is 0 Å². The van der Waals surface area contributed by atoms with E-state index in [0.29, 0.717) is 32.7 Å². The molecule has 0 heterocycles. The molecule has 370 valence electrons. The summed E-state index contributed by atoms with van der Waals surface area (Å²) in [6, 6.07) is 0. The van der Waals surface area contributed by atoms with Gasteiger partial charge in [0.25, 0.3) is 0 Å². The number of nitrogens with one attached hydrogen (secondary N) is 2. The van der Waals surface area contributed by atoms with Crippen LogP contribution in [0.25, 0.3) is 0 Å². The summed E-state index contributed by atoms with van der Waals surface area (Å²) in [5, 5.41) is 6.40. The first-order valence-electron chi connectivity index (χ1n) is 26.7. The van der Waals surface area contributed by atoms with Crippen LogP contribution >= 0.6 is 0 Å². The predicted molar refractivity (Wildman–Crippen MR) is 266 cm³/mol. The number of unbranched alkanes of at least 4 members (excludes halogenated alkanes) is 19. The lowest BCUT2D eigenvalue weighted by Crippen LogP contribution is -2.27. The van der Waals surface area contributed by atoms with Crippen LogP contribution in [0.5, 0.6) is 0 Å². The molecule has 0 spiro atoms. The van der Waals surface area contributed by atoms with Crippen LogP contribution in [0.2, 0.25) is 0 Å². The molecule has 63 heavy (non-hydrogen) atoms. The number of nitrogens with two attached hydrogens (primary N) is 1. The minimum Gasteiger partial charge on any atom is -0.465 e. The van der Waals surface area contributed by atoms with Crippen LogP contribution in [-0.4, -0.2) is 50.8 Å². The van der Waals surface area contributed by atoms with Gasteiger partial charge in [-0.3, -0.25) is 14.4 Å². The van der Waals surface area contributed by atoms with Crippen LogP contribution < -0.4 is 16.4 Å². The van der Waals surface area contributed by atoms with Gasteiger partial charge in [-0.15, -0.1) is 0 Å². The second kappa shape index (κ2) is 44.5. The molecule has 0 aromatic rings. The predicted octanol–water partition coefficient (Wildman–Crippen LogP) is 14.5. The monoisotopic (exact) mass is 890 g/mol. The van der Waals surface area contributed by atoms with Crippen molar-refractivity contribution in [2.45, 2.75) is 260 Å². The summed E-state index contributed by atoms with van der Waals surface area (Å²) in [7, 11) is 0. The number of rotatable bonds is 42. The zero-order chi connectivity index (χ0) is 46.6. The number of carbonyl (C=O) groups excluding carboxylic acids is 3. The molecule has 0 aromatic carbocycles. The largest absolute Gasteiger partial charge is 0.465 e. The molecule has 0 aromatic heterocycles. The van der Waals surface area contributed by atoms with Gasteiger partial charge in [0, 0.05) is 12.2 Å². The third-order valence-electron chi connectivity index (χ3n) is 12.4. The van der Waals surface area contributed by atoms with Gasteiger partial charge in [0.15, 0.2) is 0 Å². The number of carbonyl (C=O) groups is 3. The SMILES string of the molecule is CCCCCCCCC(CCCCCC)C(=O)OCCCCCC(NCC(=O)OCCCCOC(=O)C(CCCCCC)CCCCCCCC)=C1CCC1.CCNC(N)=C(C)C. The van der Waals surface area contributed by atoms with Gasteiger partial charge >= 0.3 is 17.9 Å². The Bertz CT molecular complexity index is 1160. The van der Waals surface area contributed by atoms with Crippen LogP contribution in [0, 0.1) is 11.8 Å². The highest BCUT2D eigenvalue weighted by molar-refractivity contribution is 5.73. The Kier molecular flexibility index (Phi) is 42.6. The Morgan fingerprint density at radius 1 is 0.508 bits per heavy atom. The van der Waals surface area contributed by atoms with Gasteiger partial charge in [-0.25, -0.2) is 0 Å². The molecule has 0 bridgehead atoms. The van der Waals surface area contributed by atoms with Crippen LogP contribution in [0.15, 0.2) is 22.7 Å². The molecule has 0 radical (unpaired) electrons. The maximum atomic E-state index is 13.0. The molecular formula is C54H103N3O6. The highest BCUT2D eigenvalue weighted by Crippen LogP contribution is 2.30. The molecule has 2 unspecified atom stereocenters. The van der Waals surface area contributed by atoms with Gasteiger partial charge in [0.2, 0.25) is 0 Å². The summed E-state index contributed by atoms with van der Waals surface area (Å²) < 4.78 is 17.0. The Hall–Kier alpha value is -2.71. The van der Waals surface area contributed by atoms with Gasteiger partial charge in [-0.1, -0.05) is 162 Å².